The molecule has 0 bridgehead atoms. The lowest BCUT2D eigenvalue weighted by Gasteiger charge is -2.31. The first kappa shape index (κ1) is 15.1. The second-order valence-corrected chi connectivity index (χ2v) is 5.38. The van der Waals surface area contributed by atoms with E-state index in [1.807, 2.05) is 13.1 Å². The Morgan fingerprint density at radius 3 is 2.70 bits per heavy atom. The third-order valence-electron chi connectivity index (χ3n) is 4.25. The number of likely N-dealkylation sites (tertiary alicyclic amines) is 1. The van der Waals surface area contributed by atoms with Crippen LogP contribution in [0.25, 0.3) is 0 Å². The van der Waals surface area contributed by atoms with Gasteiger partial charge in [0.05, 0.1) is 14.2 Å². The molecule has 112 valence electrons. The van der Waals surface area contributed by atoms with Crippen LogP contribution in [-0.2, 0) is 0 Å². The molecule has 1 N–H and O–H groups in total. The quantitative estimate of drug-likeness (QED) is 0.866. The van der Waals surface area contributed by atoms with Crippen molar-refractivity contribution in [3.63, 3.8) is 0 Å². The molecule has 4 heteroatoms. The lowest BCUT2D eigenvalue weighted by molar-refractivity contribution is 0.190. The molecule has 1 heterocycles. The Morgan fingerprint density at radius 2 is 2.05 bits per heavy atom. The van der Waals surface area contributed by atoms with Crippen LogP contribution in [0.3, 0.4) is 0 Å². The molecule has 1 aliphatic rings. The molecule has 1 aromatic rings. The summed E-state index contributed by atoms with van der Waals surface area (Å²) in [6.07, 6.45) is 2.56. The second kappa shape index (κ2) is 6.95. The van der Waals surface area contributed by atoms with Gasteiger partial charge in [-0.15, -0.1) is 0 Å². The topological polar surface area (TPSA) is 33.7 Å². The maximum absolute atomic E-state index is 5.41. The summed E-state index contributed by atoms with van der Waals surface area (Å²) in [7, 11) is 5.38. The molecule has 2 atom stereocenters. The lowest BCUT2D eigenvalue weighted by Crippen LogP contribution is -2.38. The minimum atomic E-state index is 0.399. The number of rotatable bonds is 6. The van der Waals surface area contributed by atoms with Crippen LogP contribution in [0.4, 0.5) is 0 Å². The predicted octanol–water partition coefficient (Wildman–Crippen LogP) is 2.45. The summed E-state index contributed by atoms with van der Waals surface area (Å²) in [5, 5.41) is 3.30. The van der Waals surface area contributed by atoms with Crippen molar-refractivity contribution < 1.29 is 9.47 Å². The van der Waals surface area contributed by atoms with Crippen molar-refractivity contribution in [1.29, 1.82) is 0 Å². The number of benzene rings is 1. The Labute approximate surface area is 122 Å². The fraction of sp³-hybridized carbons (Fsp3) is 0.625. The summed E-state index contributed by atoms with van der Waals surface area (Å²) < 4.78 is 10.7. The van der Waals surface area contributed by atoms with Gasteiger partial charge >= 0.3 is 0 Å². The maximum atomic E-state index is 5.41. The Balaban J connectivity index is 2.17. The maximum Gasteiger partial charge on any atom is 0.161 e. The monoisotopic (exact) mass is 278 g/mol. The molecule has 0 amide bonds. The van der Waals surface area contributed by atoms with Crippen LogP contribution >= 0.6 is 0 Å². The summed E-state index contributed by atoms with van der Waals surface area (Å²) in [4.78, 5) is 2.58. The van der Waals surface area contributed by atoms with Crippen LogP contribution in [-0.4, -0.2) is 45.3 Å². The summed E-state index contributed by atoms with van der Waals surface area (Å²) in [6, 6.07) is 7.26. The van der Waals surface area contributed by atoms with Crippen molar-refractivity contribution in [3.8, 4) is 11.5 Å². The van der Waals surface area contributed by atoms with Crippen LogP contribution in [0.15, 0.2) is 18.2 Å². The van der Waals surface area contributed by atoms with Gasteiger partial charge in [-0.3, -0.25) is 4.90 Å². The molecule has 0 saturated carbocycles. The molecule has 0 aliphatic carbocycles. The molecule has 2 unspecified atom stereocenters. The number of nitrogens with one attached hydrogen (secondary N) is 1. The Hall–Kier alpha value is -1.26. The van der Waals surface area contributed by atoms with Gasteiger partial charge in [-0.25, -0.2) is 0 Å². The average molecular weight is 278 g/mol. The Kier molecular flexibility index (Phi) is 5.26. The lowest BCUT2D eigenvalue weighted by atomic mass is 10.0. The fourth-order valence-electron chi connectivity index (χ4n) is 3.13. The van der Waals surface area contributed by atoms with E-state index in [0.717, 1.165) is 18.0 Å². The minimum absolute atomic E-state index is 0.399. The molecule has 20 heavy (non-hydrogen) atoms. The molecular formula is C16H26N2O2. The fourth-order valence-corrected chi connectivity index (χ4v) is 3.13. The van der Waals surface area contributed by atoms with E-state index in [1.165, 1.54) is 24.9 Å². The van der Waals surface area contributed by atoms with Crippen LogP contribution in [0.2, 0.25) is 0 Å². The SMILES string of the molecule is CNCC1CCCN1C(C)c1ccc(OC)c(OC)c1. The molecule has 1 aromatic carbocycles. The molecule has 0 aromatic heterocycles. The first-order chi connectivity index (χ1) is 9.71. The van der Waals surface area contributed by atoms with Gasteiger partial charge in [0.25, 0.3) is 0 Å². The normalized spacial score (nSPS) is 20.9. The highest BCUT2D eigenvalue weighted by Crippen LogP contribution is 2.34. The minimum Gasteiger partial charge on any atom is -0.493 e. The van der Waals surface area contributed by atoms with Crippen LogP contribution in [0, 0.1) is 0 Å². The van der Waals surface area contributed by atoms with Gasteiger partial charge in [-0.2, -0.15) is 0 Å². The average Bonchev–Trinajstić information content (AvgIpc) is 2.94. The zero-order valence-corrected chi connectivity index (χ0v) is 13.0. The van der Waals surface area contributed by atoms with E-state index < -0.39 is 0 Å². The van der Waals surface area contributed by atoms with Gasteiger partial charge in [0.2, 0.25) is 0 Å². The van der Waals surface area contributed by atoms with E-state index in [-0.39, 0.29) is 0 Å². The third kappa shape index (κ3) is 3.07. The molecule has 0 radical (unpaired) electrons. The summed E-state index contributed by atoms with van der Waals surface area (Å²) in [5.41, 5.74) is 1.28. The molecule has 1 saturated heterocycles. The zero-order valence-electron chi connectivity index (χ0n) is 13.0. The third-order valence-corrected chi connectivity index (χ3v) is 4.25. The number of ether oxygens (including phenoxy) is 2. The largest absolute Gasteiger partial charge is 0.493 e. The molecular weight excluding hydrogens is 252 g/mol. The second-order valence-electron chi connectivity index (χ2n) is 5.38. The van der Waals surface area contributed by atoms with E-state index in [4.69, 9.17) is 9.47 Å². The van der Waals surface area contributed by atoms with Crippen LogP contribution in [0.1, 0.15) is 31.4 Å². The van der Waals surface area contributed by atoms with Gasteiger partial charge < -0.3 is 14.8 Å². The van der Waals surface area contributed by atoms with Crippen molar-refractivity contribution >= 4 is 0 Å². The highest BCUT2D eigenvalue weighted by atomic mass is 16.5. The Morgan fingerprint density at radius 1 is 1.30 bits per heavy atom. The van der Waals surface area contributed by atoms with E-state index in [2.05, 4.69) is 29.3 Å². The Bertz CT molecular complexity index is 436. The first-order valence-corrected chi connectivity index (χ1v) is 7.33. The molecule has 4 nitrogen and oxygen atoms in total. The van der Waals surface area contributed by atoms with Crippen molar-refractivity contribution in [2.75, 3.05) is 34.4 Å². The van der Waals surface area contributed by atoms with Gasteiger partial charge in [0.1, 0.15) is 0 Å². The molecule has 1 aliphatic heterocycles. The summed E-state index contributed by atoms with van der Waals surface area (Å²) in [5.74, 6) is 1.60. The van der Waals surface area contributed by atoms with E-state index in [1.54, 1.807) is 14.2 Å². The van der Waals surface area contributed by atoms with Crippen molar-refractivity contribution in [3.05, 3.63) is 23.8 Å². The number of methoxy groups -OCH3 is 2. The van der Waals surface area contributed by atoms with E-state index >= 15 is 0 Å². The highest BCUT2D eigenvalue weighted by molar-refractivity contribution is 5.43. The number of nitrogens with zero attached hydrogens (tertiary/aromatic N) is 1. The van der Waals surface area contributed by atoms with E-state index in [0.29, 0.717) is 12.1 Å². The predicted molar refractivity (Wildman–Crippen MR) is 81.6 cm³/mol. The van der Waals surface area contributed by atoms with Gasteiger partial charge in [-0.05, 0) is 51.1 Å². The van der Waals surface area contributed by atoms with Crippen LogP contribution < -0.4 is 14.8 Å². The van der Waals surface area contributed by atoms with E-state index in [9.17, 15) is 0 Å². The van der Waals surface area contributed by atoms with Crippen molar-refractivity contribution in [2.24, 2.45) is 0 Å². The van der Waals surface area contributed by atoms with Gasteiger partial charge in [0.15, 0.2) is 11.5 Å². The zero-order chi connectivity index (χ0) is 14.5. The molecule has 1 fully saturated rings. The summed E-state index contributed by atoms with van der Waals surface area (Å²) >= 11 is 0. The van der Waals surface area contributed by atoms with Gasteiger partial charge in [0, 0.05) is 18.6 Å². The van der Waals surface area contributed by atoms with Crippen molar-refractivity contribution in [1.82, 2.24) is 10.2 Å². The number of hydrogen-bond acceptors (Lipinski definition) is 4. The first-order valence-electron chi connectivity index (χ1n) is 7.33. The molecule has 2 rings (SSSR count). The smallest absolute Gasteiger partial charge is 0.161 e. The van der Waals surface area contributed by atoms with Gasteiger partial charge in [-0.1, -0.05) is 6.07 Å². The highest BCUT2D eigenvalue weighted by Gasteiger charge is 2.28. The van der Waals surface area contributed by atoms with Crippen molar-refractivity contribution in [2.45, 2.75) is 31.8 Å². The number of likely N-dealkylation sites (N-methyl/N-ethyl adjacent to an activating group) is 1. The summed E-state index contributed by atoms with van der Waals surface area (Å²) in [6.45, 7) is 4.49. The molecule has 0 spiro atoms. The standard InChI is InChI=1S/C16H26N2O2/c1-12(18-9-5-6-14(18)11-17-2)13-7-8-15(19-3)16(10-13)20-4/h7-8,10,12,14,17H,5-6,9,11H2,1-4H3. The number of hydrogen-bond donors (Lipinski definition) is 1. The van der Waals surface area contributed by atoms with Crippen LogP contribution in [0.5, 0.6) is 11.5 Å².